The van der Waals surface area contributed by atoms with Crippen molar-refractivity contribution in [2.75, 3.05) is 19.8 Å². The molecule has 0 radical (unpaired) electrons. The molecule has 2 aliphatic rings. The van der Waals surface area contributed by atoms with E-state index in [4.69, 9.17) is 4.74 Å². The zero-order chi connectivity index (χ0) is 11.7. The summed E-state index contributed by atoms with van der Waals surface area (Å²) in [5.41, 5.74) is 0.356. The van der Waals surface area contributed by atoms with Crippen molar-refractivity contribution in [3.8, 4) is 0 Å². The topological polar surface area (TPSA) is 76.1 Å². The first-order valence-corrected chi connectivity index (χ1v) is 5.72. The normalized spacial score (nSPS) is 29.4. The molecule has 0 unspecified atom stereocenters. The fourth-order valence-electron chi connectivity index (χ4n) is 2.42. The fourth-order valence-corrected chi connectivity index (χ4v) is 2.42. The Kier molecular flexibility index (Phi) is 4.11. The Morgan fingerprint density at radius 2 is 2.33 bits per heavy atom. The Morgan fingerprint density at radius 1 is 1.44 bits per heavy atom. The average molecular weight is 271 g/mol. The van der Waals surface area contributed by atoms with Crippen LogP contribution < -0.4 is 10.6 Å². The minimum Gasteiger partial charge on any atom is -0.379 e. The molecular weight excluding hydrogens is 256 g/mol. The molecule has 0 spiro atoms. The van der Waals surface area contributed by atoms with Crippen molar-refractivity contribution in [2.24, 2.45) is 5.92 Å². The van der Waals surface area contributed by atoms with Gasteiger partial charge in [-0.1, -0.05) is 0 Å². The van der Waals surface area contributed by atoms with Gasteiger partial charge in [0.2, 0.25) is 0 Å². The summed E-state index contributed by atoms with van der Waals surface area (Å²) in [4.78, 5) is 19.8. The number of nitrogens with zero attached hydrogens (tertiary/aromatic N) is 2. The van der Waals surface area contributed by atoms with Gasteiger partial charge < -0.3 is 15.4 Å². The van der Waals surface area contributed by atoms with Crippen LogP contribution in [0.25, 0.3) is 0 Å². The summed E-state index contributed by atoms with van der Waals surface area (Å²) in [5.74, 6) is 0.202. The Labute approximate surface area is 111 Å². The first kappa shape index (κ1) is 13.2. The Bertz CT molecular complexity index is 417. The van der Waals surface area contributed by atoms with Crippen molar-refractivity contribution in [3.05, 3.63) is 24.3 Å². The van der Waals surface area contributed by atoms with Crippen molar-refractivity contribution >= 4 is 18.3 Å². The van der Waals surface area contributed by atoms with Gasteiger partial charge in [-0.15, -0.1) is 12.4 Å². The van der Waals surface area contributed by atoms with E-state index >= 15 is 0 Å². The molecule has 0 aromatic carbocycles. The van der Waals surface area contributed by atoms with Crippen LogP contribution in [0.1, 0.15) is 10.5 Å². The summed E-state index contributed by atoms with van der Waals surface area (Å²) in [7, 11) is 0. The molecule has 2 N–H and O–H groups in total. The highest BCUT2D eigenvalue weighted by molar-refractivity contribution is 5.92. The molecule has 2 fully saturated rings. The molecule has 1 aromatic heterocycles. The van der Waals surface area contributed by atoms with E-state index in [-0.39, 0.29) is 24.4 Å². The highest BCUT2D eigenvalue weighted by atomic mass is 35.5. The molecule has 1 aromatic rings. The molecule has 3 atom stereocenters. The number of nitrogens with one attached hydrogen (secondary N) is 2. The van der Waals surface area contributed by atoms with Gasteiger partial charge in [-0.3, -0.25) is 9.78 Å². The molecule has 0 bridgehead atoms. The van der Waals surface area contributed by atoms with Gasteiger partial charge in [0.1, 0.15) is 5.69 Å². The summed E-state index contributed by atoms with van der Waals surface area (Å²) >= 11 is 0. The van der Waals surface area contributed by atoms with Gasteiger partial charge in [0.25, 0.3) is 5.91 Å². The van der Waals surface area contributed by atoms with Crippen LogP contribution in [0.2, 0.25) is 0 Å². The van der Waals surface area contributed by atoms with Crippen molar-refractivity contribution in [3.63, 3.8) is 0 Å². The van der Waals surface area contributed by atoms with E-state index < -0.39 is 0 Å². The Hall–Kier alpha value is -1.24. The van der Waals surface area contributed by atoms with E-state index in [9.17, 15) is 4.79 Å². The minimum absolute atomic E-state index is 0. The van der Waals surface area contributed by atoms with Crippen LogP contribution in [-0.4, -0.2) is 47.7 Å². The van der Waals surface area contributed by atoms with Crippen LogP contribution in [0, 0.1) is 5.92 Å². The molecule has 2 saturated heterocycles. The van der Waals surface area contributed by atoms with Crippen molar-refractivity contribution < 1.29 is 9.53 Å². The molecule has 3 heterocycles. The third kappa shape index (κ3) is 2.45. The monoisotopic (exact) mass is 270 g/mol. The van der Waals surface area contributed by atoms with Crippen molar-refractivity contribution in [2.45, 2.75) is 12.1 Å². The maximum Gasteiger partial charge on any atom is 0.271 e. The number of carbonyl (C=O) groups excluding carboxylic acids is 1. The van der Waals surface area contributed by atoms with Crippen LogP contribution in [0.15, 0.2) is 18.6 Å². The van der Waals surface area contributed by atoms with Gasteiger partial charge in [0.15, 0.2) is 0 Å². The Morgan fingerprint density at radius 3 is 3.11 bits per heavy atom. The first-order valence-electron chi connectivity index (χ1n) is 5.72. The summed E-state index contributed by atoms with van der Waals surface area (Å²) in [6.07, 6.45) is 4.54. The summed E-state index contributed by atoms with van der Waals surface area (Å²) in [6.45, 7) is 2.25. The summed E-state index contributed by atoms with van der Waals surface area (Å²) in [5, 5.41) is 6.33. The van der Waals surface area contributed by atoms with Crippen LogP contribution in [0.3, 0.4) is 0 Å². The molecule has 3 rings (SSSR count). The van der Waals surface area contributed by atoms with E-state index in [2.05, 4.69) is 20.6 Å². The maximum atomic E-state index is 11.9. The smallest absolute Gasteiger partial charge is 0.271 e. The quantitative estimate of drug-likeness (QED) is 0.766. The molecular formula is C11H15ClN4O2. The number of hydrogen-bond donors (Lipinski definition) is 2. The lowest BCUT2D eigenvalue weighted by atomic mass is 10.00. The second kappa shape index (κ2) is 5.60. The highest BCUT2D eigenvalue weighted by Crippen LogP contribution is 2.22. The van der Waals surface area contributed by atoms with Gasteiger partial charge in [-0.25, -0.2) is 4.98 Å². The lowest BCUT2D eigenvalue weighted by Gasteiger charge is -2.17. The average Bonchev–Trinajstić information content (AvgIpc) is 2.95. The fraction of sp³-hybridized carbons (Fsp3) is 0.545. The zero-order valence-electron chi connectivity index (χ0n) is 9.70. The number of amides is 1. The van der Waals surface area contributed by atoms with Gasteiger partial charge in [0, 0.05) is 36.9 Å². The van der Waals surface area contributed by atoms with E-state index in [0.717, 1.165) is 13.2 Å². The number of rotatable bonds is 2. The molecule has 6 nitrogen and oxygen atoms in total. The second-order valence-corrected chi connectivity index (χ2v) is 4.39. The largest absolute Gasteiger partial charge is 0.379 e. The van der Waals surface area contributed by atoms with Crippen LogP contribution >= 0.6 is 12.4 Å². The number of ether oxygens (including phenoxy) is 1. The van der Waals surface area contributed by atoms with Crippen LogP contribution in [-0.2, 0) is 4.74 Å². The van der Waals surface area contributed by atoms with Crippen LogP contribution in [0.5, 0.6) is 0 Å². The van der Waals surface area contributed by atoms with Gasteiger partial charge in [0.05, 0.1) is 19.4 Å². The number of fused-ring (bicyclic) bond motifs is 1. The molecule has 0 aliphatic carbocycles. The summed E-state index contributed by atoms with van der Waals surface area (Å²) in [6, 6.07) is 0.499. The predicted molar refractivity (Wildman–Crippen MR) is 66.6 cm³/mol. The summed E-state index contributed by atoms with van der Waals surface area (Å²) < 4.78 is 5.39. The van der Waals surface area contributed by atoms with Crippen LogP contribution in [0.4, 0.5) is 0 Å². The van der Waals surface area contributed by atoms with Gasteiger partial charge >= 0.3 is 0 Å². The lowest BCUT2D eigenvalue weighted by Crippen LogP contribution is -2.41. The van der Waals surface area contributed by atoms with E-state index in [1.807, 2.05) is 0 Å². The standard InChI is InChI=1S/C11H14N4O2.ClH/c16-11(9-3-12-1-2-13-9)15-8-4-14-10-6-17-5-7(8)10;/h1-3,7-8,10,14H,4-6H2,(H,15,16);1H/t7-,8-,10-;/m1./s1. The third-order valence-corrected chi connectivity index (χ3v) is 3.35. The number of hydrogen-bond acceptors (Lipinski definition) is 5. The van der Waals surface area contributed by atoms with Crippen molar-refractivity contribution in [1.29, 1.82) is 0 Å². The molecule has 0 saturated carbocycles. The minimum atomic E-state index is -0.169. The van der Waals surface area contributed by atoms with E-state index in [1.165, 1.54) is 12.4 Å². The number of carbonyl (C=O) groups is 1. The van der Waals surface area contributed by atoms with Gasteiger partial charge in [-0.05, 0) is 0 Å². The first-order chi connectivity index (χ1) is 8.34. The SMILES string of the molecule is Cl.O=C(N[C@@H]1CN[C@@H]2COC[C@@H]21)c1cnccn1. The van der Waals surface area contributed by atoms with E-state index in [0.29, 0.717) is 24.3 Å². The van der Waals surface area contributed by atoms with Crippen molar-refractivity contribution in [1.82, 2.24) is 20.6 Å². The predicted octanol–water partition coefficient (Wildman–Crippen LogP) is -0.385. The molecule has 1 amide bonds. The number of aromatic nitrogens is 2. The molecule has 2 aliphatic heterocycles. The van der Waals surface area contributed by atoms with E-state index in [1.54, 1.807) is 6.20 Å². The van der Waals surface area contributed by atoms with Gasteiger partial charge in [-0.2, -0.15) is 0 Å². The molecule has 7 heteroatoms. The maximum absolute atomic E-state index is 11.9. The number of halogens is 1. The molecule has 18 heavy (non-hydrogen) atoms. The molecule has 98 valence electrons. The lowest BCUT2D eigenvalue weighted by molar-refractivity contribution is 0.0918. The highest BCUT2D eigenvalue weighted by Gasteiger charge is 2.40. The Balaban J connectivity index is 0.00000120. The third-order valence-electron chi connectivity index (χ3n) is 3.35. The zero-order valence-corrected chi connectivity index (χ0v) is 10.5. The second-order valence-electron chi connectivity index (χ2n) is 4.39.